The molecule has 1 aromatic rings. The molecule has 0 saturated carbocycles. The van der Waals surface area contributed by atoms with Gasteiger partial charge in [0.05, 0.1) is 15.6 Å². The number of sulfonamides is 1. The Bertz CT molecular complexity index is 529. The molecule has 9 heteroatoms. The van der Waals surface area contributed by atoms with Crippen LogP contribution in [0.15, 0.2) is 17.0 Å². The van der Waals surface area contributed by atoms with Crippen molar-refractivity contribution in [1.82, 2.24) is 6.15 Å². The van der Waals surface area contributed by atoms with E-state index in [0.29, 0.717) is 0 Å². The fraction of sp³-hybridized carbons (Fsp3) is 0. The summed E-state index contributed by atoms with van der Waals surface area (Å²) in [6.07, 6.45) is 0. The lowest BCUT2D eigenvalue weighted by Gasteiger charge is -2.04. The van der Waals surface area contributed by atoms with Crippen molar-refractivity contribution in [1.29, 1.82) is 0 Å². The number of hydrogen-bond acceptors (Lipinski definition) is 3. The number of carboxylic acid groups (broad SMARTS) is 1. The van der Waals surface area contributed by atoms with Gasteiger partial charge in [-0.2, -0.15) is 0 Å². The minimum absolute atomic E-state index is 0. The van der Waals surface area contributed by atoms with E-state index in [2.05, 4.69) is 0 Å². The molecule has 0 radical (unpaired) electrons. The SMILES string of the molecule is NS(=O)(=O)c1cc(C(=O)O)c(Cl)cc1Cl.[NH4+]. The Morgan fingerprint density at radius 3 is 2.12 bits per heavy atom. The summed E-state index contributed by atoms with van der Waals surface area (Å²) in [5.41, 5.74) is -0.370. The Kier molecular flexibility index (Phi) is 4.71. The van der Waals surface area contributed by atoms with Crippen molar-refractivity contribution in [3.8, 4) is 0 Å². The molecule has 0 heterocycles. The van der Waals surface area contributed by atoms with Gasteiger partial charge in [0.1, 0.15) is 4.90 Å². The van der Waals surface area contributed by atoms with Crippen LogP contribution >= 0.6 is 23.2 Å². The summed E-state index contributed by atoms with van der Waals surface area (Å²) < 4.78 is 22.0. The Hall–Kier alpha value is -0.860. The van der Waals surface area contributed by atoms with Gasteiger partial charge < -0.3 is 11.3 Å². The Morgan fingerprint density at radius 2 is 1.75 bits per heavy atom. The van der Waals surface area contributed by atoms with Gasteiger partial charge in [-0.15, -0.1) is 0 Å². The van der Waals surface area contributed by atoms with Crippen LogP contribution in [0.3, 0.4) is 0 Å². The molecule has 0 amide bonds. The summed E-state index contributed by atoms with van der Waals surface area (Å²) in [7, 11) is -4.06. The molecular formula is C7H9Cl2N2O4S+. The molecule has 0 aromatic heterocycles. The van der Waals surface area contributed by atoms with E-state index in [0.717, 1.165) is 12.1 Å². The van der Waals surface area contributed by atoms with Gasteiger partial charge in [-0.1, -0.05) is 23.2 Å². The number of carbonyl (C=O) groups is 1. The maximum absolute atomic E-state index is 11.0. The Balaban J connectivity index is 0.00000225. The topological polar surface area (TPSA) is 134 Å². The third kappa shape index (κ3) is 3.06. The third-order valence-electron chi connectivity index (χ3n) is 1.56. The van der Waals surface area contributed by atoms with E-state index in [1.165, 1.54) is 0 Å². The first-order valence-corrected chi connectivity index (χ1v) is 5.79. The molecule has 0 unspecified atom stereocenters. The second kappa shape index (κ2) is 4.98. The van der Waals surface area contributed by atoms with Crippen molar-refractivity contribution >= 4 is 39.2 Å². The summed E-state index contributed by atoms with van der Waals surface area (Å²) in [5, 5.41) is 13.1. The van der Waals surface area contributed by atoms with Crippen molar-refractivity contribution in [3.63, 3.8) is 0 Å². The number of halogens is 2. The van der Waals surface area contributed by atoms with Gasteiger partial charge in [-0.05, 0) is 12.1 Å². The highest BCUT2D eigenvalue weighted by atomic mass is 35.5. The zero-order valence-corrected chi connectivity index (χ0v) is 10.4. The zero-order valence-electron chi connectivity index (χ0n) is 8.07. The van der Waals surface area contributed by atoms with Crippen LogP contribution < -0.4 is 11.3 Å². The predicted molar refractivity (Wildman–Crippen MR) is 60.8 cm³/mol. The first-order valence-electron chi connectivity index (χ1n) is 3.48. The highest BCUT2D eigenvalue weighted by Gasteiger charge is 2.19. The van der Waals surface area contributed by atoms with E-state index < -0.39 is 20.9 Å². The standard InChI is InChI=1S/C7H5Cl2NO4S.H3N/c8-4-2-5(9)6(15(10,13)14)1-3(4)7(11)12;/h1-2H,(H,11,12)(H2,10,13,14);1H3/p+1. The van der Waals surface area contributed by atoms with E-state index in [4.69, 9.17) is 33.4 Å². The van der Waals surface area contributed by atoms with Gasteiger partial charge in [0, 0.05) is 0 Å². The lowest BCUT2D eigenvalue weighted by molar-refractivity contribution is 0.0697. The van der Waals surface area contributed by atoms with Crippen LogP contribution in [0.2, 0.25) is 10.0 Å². The molecule has 1 rings (SSSR count). The van der Waals surface area contributed by atoms with Crippen molar-refractivity contribution < 1.29 is 18.3 Å². The average Bonchev–Trinajstić information content (AvgIpc) is 2.00. The number of quaternary nitrogens is 1. The van der Waals surface area contributed by atoms with E-state index in [1.807, 2.05) is 0 Å². The fourth-order valence-corrected chi connectivity index (χ4v) is 2.31. The molecular weight excluding hydrogens is 279 g/mol. The predicted octanol–water partition coefficient (Wildman–Crippen LogP) is 1.72. The Morgan fingerprint density at radius 1 is 1.25 bits per heavy atom. The number of nitrogens with two attached hydrogens (primary N) is 1. The van der Waals surface area contributed by atoms with E-state index in [9.17, 15) is 13.2 Å². The summed E-state index contributed by atoms with van der Waals surface area (Å²) in [6.45, 7) is 0. The van der Waals surface area contributed by atoms with Crippen LogP contribution in [0, 0.1) is 0 Å². The van der Waals surface area contributed by atoms with Crippen LogP contribution in [0.5, 0.6) is 0 Å². The maximum Gasteiger partial charge on any atom is 0.337 e. The van der Waals surface area contributed by atoms with Crippen molar-refractivity contribution in [2.75, 3.05) is 0 Å². The monoisotopic (exact) mass is 287 g/mol. The molecule has 0 atom stereocenters. The number of rotatable bonds is 2. The normalized spacial score (nSPS) is 10.7. The van der Waals surface area contributed by atoms with Crippen LogP contribution in [-0.2, 0) is 10.0 Å². The van der Waals surface area contributed by atoms with E-state index in [-0.39, 0.29) is 21.8 Å². The highest BCUT2D eigenvalue weighted by Crippen LogP contribution is 2.27. The zero-order chi connectivity index (χ0) is 11.8. The number of aromatic carboxylic acids is 1. The molecule has 16 heavy (non-hydrogen) atoms. The first kappa shape index (κ1) is 15.1. The minimum atomic E-state index is -4.06. The molecule has 0 saturated heterocycles. The molecule has 0 aliphatic heterocycles. The summed E-state index contributed by atoms with van der Waals surface area (Å²) in [6, 6.07) is 1.84. The van der Waals surface area contributed by atoms with Gasteiger partial charge in [-0.25, -0.2) is 18.4 Å². The van der Waals surface area contributed by atoms with Gasteiger partial charge in [0.15, 0.2) is 0 Å². The lowest BCUT2D eigenvalue weighted by Crippen LogP contribution is -2.14. The van der Waals surface area contributed by atoms with Gasteiger partial charge in [-0.3, -0.25) is 0 Å². The molecule has 0 aliphatic rings. The van der Waals surface area contributed by atoms with Crippen LogP contribution in [0.1, 0.15) is 10.4 Å². The second-order valence-corrected chi connectivity index (χ2v) is 4.96. The number of carboxylic acids is 1. The molecule has 6 nitrogen and oxygen atoms in total. The first-order chi connectivity index (χ1) is 6.73. The molecule has 0 bridgehead atoms. The lowest BCUT2D eigenvalue weighted by atomic mass is 10.2. The van der Waals surface area contributed by atoms with Crippen molar-refractivity contribution in [3.05, 3.63) is 27.7 Å². The molecule has 7 N–H and O–H groups in total. The maximum atomic E-state index is 11.0. The van der Waals surface area contributed by atoms with Gasteiger partial charge >= 0.3 is 5.97 Å². The minimum Gasteiger partial charge on any atom is -0.478 e. The largest absolute Gasteiger partial charge is 0.478 e. The van der Waals surface area contributed by atoms with Crippen LogP contribution in [0.4, 0.5) is 0 Å². The summed E-state index contributed by atoms with van der Waals surface area (Å²) in [5.74, 6) is -1.36. The number of benzene rings is 1. The summed E-state index contributed by atoms with van der Waals surface area (Å²) in [4.78, 5) is 10.2. The van der Waals surface area contributed by atoms with Crippen molar-refractivity contribution in [2.24, 2.45) is 5.14 Å². The summed E-state index contributed by atoms with van der Waals surface area (Å²) >= 11 is 11.1. The van der Waals surface area contributed by atoms with Gasteiger partial charge in [0.2, 0.25) is 10.0 Å². The van der Waals surface area contributed by atoms with Crippen LogP contribution in [-0.4, -0.2) is 19.5 Å². The quantitative estimate of drug-likeness (QED) is 0.763. The molecule has 0 fully saturated rings. The fourth-order valence-electron chi connectivity index (χ4n) is 0.911. The molecule has 1 aromatic carbocycles. The number of hydrogen-bond donors (Lipinski definition) is 3. The van der Waals surface area contributed by atoms with E-state index in [1.54, 1.807) is 0 Å². The average molecular weight is 288 g/mol. The Labute approximate surface area is 102 Å². The molecule has 0 spiro atoms. The molecule has 90 valence electrons. The third-order valence-corrected chi connectivity index (χ3v) is 3.25. The smallest absolute Gasteiger partial charge is 0.337 e. The van der Waals surface area contributed by atoms with Crippen LogP contribution in [0.25, 0.3) is 0 Å². The van der Waals surface area contributed by atoms with E-state index >= 15 is 0 Å². The van der Waals surface area contributed by atoms with Gasteiger partial charge in [0.25, 0.3) is 0 Å². The second-order valence-electron chi connectivity index (χ2n) is 2.61. The van der Waals surface area contributed by atoms with Crippen molar-refractivity contribution in [2.45, 2.75) is 4.90 Å². The highest BCUT2D eigenvalue weighted by molar-refractivity contribution is 7.89. The number of primary sulfonamides is 1. The molecule has 0 aliphatic carbocycles.